The molecule has 8 heteroatoms. The minimum atomic E-state index is -3.56. The first-order valence-corrected chi connectivity index (χ1v) is 10.2. The molecule has 0 bridgehead atoms. The van der Waals surface area contributed by atoms with Crippen LogP contribution in [0.15, 0.2) is 48.5 Å². The maximum atomic E-state index is 13.7. The van der Waals surface area contributed by atoms with Gasteiger partial charge in [-0.25, -0.2) is 0 Å². The highest BCUT2D eigenvalue weighted by Gasteiger charge is 2.40. The molecule has 2 unspecified atom stereocenters. The van der Waals surface area contributed by atoms with Crippen molar-refractivity contribution < 1.29 is 33.6 Å². The molecule has 0 saturated carbocycles. The lowest BCUT2D eigenvalue weighted by atomic mass is 10.0. The lowest BCUT2D eigenvalue weighted by Gasteiger charge is -2.30. The monoisotopic (exact) mass is 390 g/mol. The van der Waals surface area contributed by atoms with Crippen LogP contribution in [0, 0.1) is 5.92 Å². The highest BCUT2D eigenvalue weighted by molar-refractivity contribution is 7.67. The minimum Gasteiger partial charge on any atom is -0.481 e. The molecular formula is C19H19O7P. The number of aliphatic hydroxyl groups excluding tert-OH is 1. The summed E-state index contributed by atoms with van der Waals surface area (Å²) in [6.07, 6.45) is -0.837. The molecule has 1 aliphatic heterocycles. The predicted octanol–water partition coefficient (Wildman–Crippen LogP) is 2.28. The van der Waals surface area contributed by atoms with Crippen molar-refractivity contribution in [3.63, 3.8) is 0 Å². The first kappa shape index (κ1) is 19.1. The fourth-order valence-electron chi connectivity index (χ4n) is 3.10. The molecule has 1 heterocycles. The van der Waals surface area contributed by atoms with Gasteiger partial charge < -0.3 is 19.5 Å². The van der Waals surface area contributed by atoms with Crippen molar-refractivity contribution >= 4 is 24.6 Å². The van der Waals surface area contributed by atoms with Crippen LogP contribution in [0.1, 0.15) is 6.42 Å². The number of carbonyl (C=O) groups excluding carboxylic acids is 1. The fraction of sp³-hybridized carbons (Fsp3) is 0.263. The van der Waals surface area contributed by atoms with E-state index in [1.807, 2.05) is 24.3 Å². The van der Waals surface area contributed by atoms with Crippen LogP contribution in [-0.4, -0.2) is 41.5 Å². The summed E-state index contributed by atoms with van der Waals surface area (Å²) in [6, 6.07) is 14.2. The molecule has 0 aliphatic carbocycles. The van der Waals surface area contributed by atoms with E-state index in [1.165, 1.54) is 0 Å². The largest absolute Gasteiger partial charge is 0.481 e. The van der Waals surface area contributed by atoms with Crippen molar-refractivity contribution in [2.45, 2.75) is 6.42 Å². The van der Waals surface area contributed by atoms with Crippen LogP contribution in [0.3, 0.4) is 0 Å². The number of aliphatic carboxylic acids is 1. The van der Waals surface area contributed by atoms with E-state index in [4.69, 9.17) is 19.5 Å². The Bertz CT molecular complexity index is 908. The number of fused-ring (bicyclic) bond motifs is 3. The zero-order chi connectivity index (χ0) is 19.4. The molecule has 0 saturated heterocycles. The number of carbonyl (C=O) groups is 2. The number of aliphatic hydroxyl groups is 1. The van der Waals surface area contributed by atoms with Crippen LogP contribution in [0.5, 0.6) is 5.75 Å². The number of benzene rings is 2. The van der Waals surface area contributed by atoms with Crippen molar-refractivity contribution in [2.24, 2.45) is 5.92 Å². The van der Waals surface area contributed by atoms with Crippen molar-refractivity contribution in [2.75, 3.05) is 19.4 Å². The SMILES string of the molecule is O=C(O)CC(CP1(=O)Oc2ccccc2-c2ccccc21)C(=O)OCCO. The number of carboxylic acid groups (broad SMARTS) is 1. The van der Waals surface area contributed by atoms with E-state index in [2.05, 4.69) is 0 Å². The van der Waals surface area contributed by atoms with E-state index in [-0.39, 0.29) is 19.4 Å². The summed E-state index contributed by atoms with van der Waals surface area (Å²) in [6.45, 7) is -0.630. The molecule has 2 N–H and O–H groups in total. The molecule has 7 nitrogen and oxygen atoms in total. The van der Waals surface area contributed by atoms with Gasteiger partial charge in [-0.1, -0.05) is 36.4 Å². The summed E-state index contributed by atoms with van der Waals surface area (Å²) in [7, 11) is -3.56. The van der Waals surface area contributed by atoms with Crippen molar-refractivity contribution in [3.8, 4) is 16.9 Å². The second-order valence-corrected chi connectivity index (χ2v) is 8.52. The molecule has 1 aliphatic rings. The molecule has 0 aromatic heterocycles. The highest BCUT2D eigenvalue weighted by atomic mass is 31.2. The second-order valence-electron chi connectivity index (χ2n) is 6.15. The zero-order valence-corrected chi connectivity index (χ0v) is 15.3. The molecule has 0 spiro atoms. The molecule has 0 radical (unpaired) electrons. The van der Waals surface area contributed by atoms with Gasteiger partial charge in [0.15, 0.2) is 0 Å². The Balaban J connectivity index is 1.98. The third-order valence-electron chi connectivity index (χ3n) is 4.24. The summed E-state index contributed by atoms with van der Waals surface area (Å²) in [5.74, 6) is -2.75. The van der Waals surface area contributed by atoms with Crippen molar-refractivity contribution in [1.29, 1.82) is 0 Å². The third-order valence-corrected chi connectivity index (χ3v) is 6.78. The molecule has 2 atom stereocenters. The summed E-state index contributed by atoms with van der Waals surface area (Å²) < 4.78 is 24.4. The lowest BCUT2D eigenvalue weighted by molar-refractivity contribution is -0.153. The van der Waals surface area contributed by atoms with E-state index < -0.39 is 31.6 Å². The van der Waals surface area contributed by atoms with Gasteiger partial charge in [0.2, 0.25) is 0 Å². The Kier molecular flexibility index (Phi) is 5.63. The van der Waals surface area contributed by atoms with Gasteiger partial charge in [0.05, 0.1) is 30.4 Å². The van der Waals surface area contributed by atoms with Gasteiger partial charge in [-0.05, 0) is 17.7 Å². The summed E-state index contributed by atoms with van der Waals surface area (Å²) in [5.41, 5.74) is 1.53. The van der Waals surface area contributed by atoms with Crippen molar-refractivity contribution in [1.82, 2.24) is 0 Å². The molecule has 2 aromatic rings. The summed E-state index contributed by atoms with van der Waals surface area (Å²) in [4.78, 5) is 23.4. The normalized spacial score (nSPS) is 18.6. The van der Waals surface area contributed by atoms with E-state index in [9.17, 15) is 14.2 Å². The van der Waals surface area contributed by atoms with E-state index in [0.717, 1.165) is 11.1 Å². The van der Waals surface area contributed by atoms with Gasteiger partial charge in [0.1, 0.15) is 12.4 Å². The van der Waals surface area contributed by atoms with Crippen LogP contribution < -0.4 is 9.83 Å². The van der Waals surface area contributed by atoms with Crippen LogP contribution in [0.4, 0.5) is 0 Å². The fourth-order valence-corrected chi connectivity index (χ4v) is 5.68. The van der Waals surface area contributed by atoms with Gasteiger partial charge in [0.25, 0.3) is 7.37 Å². The average molecular weight is 390 g/mol. The summed E-state index contributed by atoms with van der Waals surface area (Å²) >= 11 is 0. The highest BCUT2D eigenvalue weighted by Crippen LogP contribution is 2.55. The van der Waals surface area contributed by atoms with Crippen molar-refractivity contribution in [3.05, 3.63) is 48.5 Å². The van der Waals surface area contributed by atoms with Crippen LogP contribution >= 0.6 is 7.37 Å². The van der Waals surface area contributed by atoms with Gasteiger partial charge in [0, 0.05) is 5.56 Å². The number of ether oxygens (including phenoxy) is 1. The Hall–Kier alpha value is -2.63. The maximum Gasteiger partial charge on any atom is 0.310 e. The Labute approximate surface area is 156 Å². The summed E-state index contributed by atoms with van der Waals surface area (Å²) in [5, 5.41) is 18.4. The zero-order valence-electron chi connectivity index (χ0n) is 14.4. The molecule has 2 aromatic carbocycles. The van der Waals surface area contributed by atoms with Crippen LogP contribution in [0.2, 0.25) is 0 Å². The number of rotatable bonds is 7. The third kappa shape index (κ3) is 4.04. The number of hydrogen-bond acceptors (Lipinski definition) is 6. The number of esters is 1. The standard InChI is InChI=1S/C19H19O7P/c20-9-10-25-19(23)13(11-18(21)22)12-27(24)17-8-4-2-6-15(17)14-5-1-3-7-16(14)26-27/h1-8,13,20H,9-12H2,(H,21,22). The molecule has 3 rings (SSSR count). The van der Waals surface area contributed by atoms with Crippen LogP contribution in [0.25, 0.3) is 11.1 Å². The van der Waals surface area contributed by atoms with Gasteiger partial charge in [-0.3, -0.25) is 14.2 Å². The molecule has 27 heavy (non-hydrogen) atoms. The molecular weight excluding hydrogens is 371 g/mol. The quantitative estimate of drug-likeness (QED) is 0.551. The lowest BCUT2D eigenvalue weighted by Crippen LogP contribution is -2.30. The molecule has 0 amide bonds. The van der Waals surface area contributed by atoms with E-state index in [0.29, 0.717) is 11.1 Å². The number of carboxylic acids is 1. The Morgan fingerprint density at radius 2 is 1.74 bits per heavy atom. The van der Waals surface area contributed by atoms with Crippen LogP contribution in [-0.2, 0) is 18.9 Å². The van der Waals surface area contributed by atoms with Gasteiger partial charge in [-0.15, -0.1) is 0 Å². The van der Waals surface area contributed by atoms with E-state index >= 15 is 0 Å². The number of hydrogen-bond donors (Lipinski definition) is 2. The Morgan fingerprint density at radius 3 is 2.44 bits per heavy atom. The predicted molar refractivity (Wildman–Crippen MR) is 98.4 cm³/mol. The minimum absolute atomic E-state index is 0.250. The van der Waals surface area contributed by atoms with Gasteiger partial charge in [-0.2, -0.15) is 0 Å². The topological polar surface area (TPSA) is 110 Å². The number of para-hydroxylation sites is 1. The van der Waals surface area contributed by atoms with Gasteiger partial charge >= 0.3 is 11.9 Å². The first-order valence-electron chi connectivity index (χ1n) is 8.41. The Morgan fingerprint density at radius 1 is 1.07 bits per heavy atom. The maximum absolute atomic E-state index is 13.7. The second kappa shape index (κ2) is 7.94. The molecule has 0 fully saturated rings. The average Bonchev–Trinajstić information content (AvgIpc) is 2.65. The van der Waals surface area contributed by atoms with E-state index in [1.54, 1.807) is 24.3 Å². The molecule has 142 valence electrons. The first-order chi connectivity index (χ1) is 12.9. The smallest absolute Gasteiger partial charge is 0.310 e.